The number of nitrogens with one attached hydrogen (secondary N) is 1. The van der Waals surface area contributed by atoms with Crippen LogP contribution in [0, 0.1) is 5.92 Å². The maximum Gasteiger partial charge on any atom is 0.573 e. The highest BCUT2D eigenvalue weighted by Crippen LogP contribution is 2.56. The molecule has 0 radical (unpaired) electrons. The van der Waals surface area contributed by atoms with Crippen LogP contribution in [0.15, 0.2) is 49.1 Å². The fourth-order valence-electron chi connectivity index (χ4n) is 5.31. The molecule has 0 bridgehead atoms. The number of fused-ring (bicyclic) bond motifs is 2. The number of alkyl halides is 6. The van der Waals surface area contributed by atoms with Crippen LogP contribution >= 0.6 is 0 Å². The van der Waals surface area contributed by atoms with E-state index in [0.717, 1.165) is 25.0 Å². The zero-order valence-corrected chi connectivity index (χ0v) is 20.6. The van der Waals surface area contributed by atoms with Crippen LogP contribution in [0.1, 0.15) is 42.5 Å². The molecule has 3 aromatic heterocycles. The third-order valence-electron chi connectivity index (χ3n) is 7.08. The Morgan fingerprint density at radius 1 is 1.05 bits per heavy atom. The SMILES string of the molecule is O=C1Nc2nc(-c3cn4ccnc4c(CCCC(F)(F)F)n3)ncc2C1(c1ccc(OC(F)(F)F)cc1)C1CC1. The number of carbonyl (C=O) groups is 1. The Bertz CT molecular complexity index is 1600. The van der Waals surface area contributed by atoms with Crippen LogP contribution in [-0.4, -0.2) is 42.8 Å². The lowest BCUT2D eigenvalue weighted by Crippen LogP contribution is -2.38. The van der Waals surface area contributed by atoms with E-state index in [1.807, 2.05) is 0 Å². The van der Waals surface area contributed by atoms with E-state index in [-0.39, 0.29) is 42.0 Å². The smallest absolute Gasteiger partial charge is 0.406 e. The van der Waals surface area contributed by atoms with Gasteiger partial charge in [0.2, 0.25) is 5.91 Å². The number of ether oxygens (including phenoxy) is 1. The average Bonchev–Trinajstić information content (AvgIpc) is 3.52. The molecule has 6 rings (SSSR count). The van der Waals surface area contributed by atoms with Crippen LogP contribution in [0.3, 0.4) is 0 Å². The Labute approximate surface area is 222 Å². The number of amides is 1. The molecule has 1 atom stereocenters. The van der Waals surface area contributed by atoms with Crippen LogP contribution in [-0.2, 0) is 16.6 Å². The van der Waals surface area contributed by atoms with Gasteiger partial charge in [-0.05, 0) is 49.3 Å². The van der Waals surface area contributed by atoms with Gasteiger partial charge in [0.25, 0.3) is 0 Å². The summed E-state index contributed by atoms with van der Waals surface area (Å²) in [6, 6.07) is 5.20. The van der Waals surface area contributed by atoms with Crippen molar-refractivity contribution in [3.05, 3.63) is 65.9 Å². The molecule has 4 heterocycles. The van der Waals surface area contributed by atoms with Crippen molar-refractivity contribution in [2.24, 2.45) is 5.92 Å². The van der Waals surface area contributed by atoms with Gasteiger partial charge in [0.15, 0.2) is 11.5 Å². The molecule has 8 nitrogen and oxygen atoms in total. The molecule has 1 aliphatic heterocycles. The predicted molar refractivity (Wildman–Crippen MR) is 128 cm³/mol. The third kappa shape index (κ3) is 4.71. The molecule has 1 unspecified atom stereocenters. The molecule has 1 aromatic carbocycles. The lowest BCUT2D eigenvalue weighted by atomic mass is 9.72. The summed E-state index contributed by atoms with van der Waals surface area (Å²) >= 11 is 0. The molecule has 1 saturated carbocycles. The molecule has 1 fully saturated rings. The molecule has 0 spiro atoms. The van der Waals surface area contributed by atoms with E-state index in [9.17, 15) is 31.1 Å². The van der Waals surface area contributed by atoms with Crippen LogP contribution in [0.25, 0.3) is 17.2 Å². The van der Waals surface area contributed by atoms with Gasteiger partial charge in [-0.3, -0.25) is 4.79 Å². The Balaban J connectivity index is 1.36. The van der Waals surface area contributed by atoms with E-state index in [0.29, 0.717) is 22.5 Å². The number of carbonyl (C=O) groups excluding carboxylic acids is 1. The maximum absolute atomic E-state index is 13.5. The molecule has 14 heteroatoms. The zero-order valence-electron chi connectivity index (χ0n) is 20.6. The second kappa shape index (κ2) is 9.17. The summed E-state index contributed by atoms with van der Waals surface area (Å²) in [6.07, 6.45) is -2.52. The van der Waals surface area contributed by atoms with E-state index in [4.69, 9.17) is 0 Å². The van der Waals surface area contributed by atoms with Crippen molar-refractivity contribution >= 4 is 17.4 Å². The second-order valence-electron chi connectivity index (χ2n) is 9.76. The monoisotopic (exact) mass is 562 g/mol. The second-order valence-corrected chi connectivity index (χ2v) is 9.76. The lowest BCUT2D eigenvalue weighted by molar-refractivity contribution is -0.274. The lowest BCUT2D eigenvalue weighted by Gasteiger charge is -2.28. The first-order valence-corrected chi connectivity index (χ1v) is 12.4. The highest BCUT2D eigenvalue weighted by atomic mass is 19.4. The average molecular weight is 562 g/mol. The Morgan fingerprint density at radius 2 is 1.80 bits per heavy atom. The van der Waals surface area contributed by atoms with Gasteiger partial charge >= 0.3 is 12.5 Å². The minimum atomic E-state index is -4.84. The molecule has 0 saturated heterocycles. The Hall–Kier alpha value is -4.23. The van der Waals surface area contributed by atoms with E-state index in [1.54, 1.807) is 16.8 Å². The summed E-state index contributed by atoms with van der Waals surface area (Å²) in [7, 11) is 0. The van der Waals surface area contributed by atoms with Crippen molar-refractivity contribution in [1.82, 2.24) is 24.3 Å². The number of rotatable bonds is 7. The van der Waals surface area contributed by atoms with Crippen molar-refractivity contribution in [3.8, 4) is 17.3 Å². The molecule has 4 aromatic rings. The van der Waals surface area contributed by atoms with Gasteiger partial charge in [-0.25, -0.2) is 19.9 Å². The van der Waals surface area contributed by atoms with Gasteiger partial charge < -0.3 is 14.5 Å². The number of aromatic nitrogens is 5. The summed E-state index contributed by atoms with van der Waals surface area (Å²) < 4.78 is 81.6. The van der Waals surface area contributed by atoms with E-state index >= 15 is 0 Å². The van der Waals surface area contributed by atoms with Crippen molar-refractivity contribution in [2.75, 3.05) is 5.32 Å². The summed E-state index contributed by atoms with van der Waals surface area (Å²) in [5.74, 6) is -0.486. The fourth-order valence-corrected chi connectivity index (χ4v) is 5.31. The topological polar surface area (TPSA) is 94.3 Å². The minimum Gasteiger partial charge on any atom is -0.406 e. The van der Waals surface area contributed by atoms with Crippen molar-refractivity contribution in [1.29, 1.82) is 0 Å². The van der Waals surface area contributed by atoms with Gasteiger partial charge in [-0.1, -0.05) is 12.1 Å². The highest BCUT2D eigenvalue weighted by Gasteiger charge is 2.58. The summed E-state index contributed by atoms with van der Waals surface area (Å²) in [5.41, 5.74) is 0.848. The van der Waals surface area contributed by atoms with Gasteiger partial charge in [-0.15, -0.1) is 13.2 Å². The van der Waals surface area contributed by atoms with Crippen molar-refractivity contribution in [3.63, 3.8) is 0 Å². The molecular formula is C26H20F6N6O2. The summed E-state index contributed by atoms with van der Waals surface area (Å²) in [5, 5.41) is 2.80. The fraction of sp³-hybridized carbons (Fsp3) is 0.346. The number of aryl methyl sites for hydroxylation is 1. The first-order valence-electron chi connectivity index (χ1n) is 12.4. The molecule has 1 amide bonds. The van der Waals surface area contributed by atoms with Crippen LogP contribution in [0.4, 0.5) is 32.2 Å². The summed E-state index contributed by atoms with van der Waals surface area (Å²) in [6.45, 7) is 0. The maximum atomic E-state index is 13.5. The van der Waals surface area contributed by atoms with Crippen LogP contribution in [0.2, 0.25) is 0 Å². The van der Waals surface area contributed by atoms with Crippen LogP contribution < -0.4 is 10.1 Å². The molecule has 1 aliphatic carbocycles. The predicted octanol–water partition coefficient (Wildman–Crippen LogP) is 5.62. The van der Waals surface area contributed by atoms with E-state index in [1.165, 1.54) is 24.5 Å². The number of halogens is 6. The largest absolute Gasteiger partial charge is 0.573 e. The Morgan fingerprint density at radius 3 is 2.48 bits per heavy atom. The van der Waals surface area contributed by atoms with Gasteiger partial charge in [0, 0.05) is 36.8 Å². The van der Waals surface area contributed by atoms with E-state index < -0.39 is 30.1 Å². The van der Waals surface area contributed by atoms with Gasteiger partial charge in [0.05, 0.1) is 5.69 Å². The number of nitrogens with zero attached hydrogens (tertiary/aromatic N) is 5. The molecular weight excluding hydrogens is 542 g/mol. The van der Waals surface area contributed by atoms with Gasteiger partial charge in [-0.2, -0.15) is 13.2 Å². The van der Waals surface area contributed by atoms with Crippen molar-refractivity contribution < 1.29 is 35.9 Å². The van der Waals surface area contributed by atoms with Crippen molar-refractivity contribution in [2.45, 2.75) is 50.1 Å². The van der Waals surface area contributed by atoms with Gasteiger partial charge in [0.1, 0.15) is 22.7 Å². The van der Waals surface area contributed by atoms with Crippen LogP contribution in [0.5, 0.6) is 5.75 Å². The first-order chi connectivity index (χ1) is 18.9. The standard InChI is InChI=1S/C26H20F6N6O2/c27-24(28,29)9-1-2-18-22-33-10-11-38(22)13-19(35-18)21-34-12-17-20(36-21)37-23(39)25(17,14-3-4-14)15-5-7-16(8-6-15)40-26(30,31)32/h5-8,10-14H,1-4,9H2,(H,34,36,37,39). The molecule has 40 heavy (non-hydrogen) atoms. The number of hydrogen-bond donors (Lipinski definition) is 1. The summed E-state index contributed by atoms with van der Waals surface area (Å²) in [4.78, 5) is 31.1. The Kier molecular flexibility index (Phi) is 5.96. The zero-order chi connectivity index (χ0) is 28.3. The number of anilines is 1. The quantitative estimate of drug-likeness (QED) is 0.294. The first kappa shape index (κ1) is 26.0. The highest BCUT2D eigenvalue weighted by molar-refractivity contribution is 6.08. The molecule has 2 aliphatic rings. The number of benzene rings is 1. The normalized spacial score (nSPS) is 19.1. The van der Waals surface area contributed by atoms with E-state index in [2.05, 4.69) is 30.0 Å². The minimum absolute atomic E-state index is 0.0361. The third-order valence-corrected chi connectivity index (χ3v) is 7.08. The molecule has 1 N–H and O–H groups in total. The number of hydrogen-bond acceptors (Lipinski definition) is 6. The molecule has 208 valence electrons. The number of imidazole rings is 1.